The standard InChI is InChI=1S/C16H27NO3Si/c1-16(2)17(15(18)19)14(13-20-16)11-9-7-6-8-10-12-21(3,4)5/h9,11,14H,6-8,13H2,1-5H3,(H,18,19). The van der Waals surface area contributed by atoms with Crippen molar-refractivity contribution >= 4 is 14.2 Å². The van der Waals surface area contributed by atoms with Crippen LogP contribution in [0.15, 0.2) is 12.2 Å². The summed E-state index contributed by atoms with van der Waals surface area (Å²) in [5.74, 6) is 3.24. The van der Waals surface area contributed by atoms with Crippen LogP contribution in [-0.2, 0) is 4.74 Å². The number of allylic oxidation sites excluding steroid dienone is 1. The highest BCUT2D eigenvalue weighted by molar-refractivity contribution is 6.83. The van der Waals surface area contributed by atoms with Crippen molar-refractivity contribution in [2.24, 2.45) is 0 Å². The Hall–Kier alpha value is -1.25. The molecule has 0 radical (unpaired) electrons. The molecule has 0 aromatic rings. The summed E-state index contributed by atoms with van der Waals surface area (Å²) in [4.78, 5) is 12.7. The van der Waals surface area contributed by atoms with E-state index >= 15 is 0 Å². The van der Waals surface area contributed by atoms with Gasteiger partial charge in [-0.05, 0) is 26.7 Å². The number of carbonyl (C=O) groups is 1. The first-order valence-electron chi connectivity index (χ1n) is 7.46. The van der Waals surface area contributed by atoms with Crippen molar-refractivity contribution in [2.75, 3.05) is 6.61 Å². The lowest BCUT2D eigenvalue weighted by atomic mass is 10.1. The molecule has 0 spiro atoms. The molecule has 5 heteroatoms. The van der Waals surface area contributed by atoms with E-state index in [9.17, 15) is 9.90 Å². The molecule has 1 amide bonds. The lowest BCUT2D eigenvalue weighted by Gasteiger charge is -2.29. The fraction of sp³-hybridized carbons (Fsp3) is 0.688. The zero-order valence-corrected chi connectivity index (χ0v) is 14.8. The topological polar surface area (TPSA) is 49.8 Å². The fourth-order valence-electron chi connectivity index (χ4n) is 2.24. The van der Waals surface area contributed by atoms with Crippen molar-refractivity contribution < 1.29 is 14.6 Å². The van der Waals surface area contributed by atoms with E-state index in [1.165, 1.54) is 4.90 Å². The Morgan fingerprint density at radius 3 is 2.71 bits per heavy atom. The monoisotopic (exact) mass is 309 g/mol. The lowest BCUT2D eigenvalue weighted by Crippen LogP contribution is -2.46. The van der Waals surface area contributed by atoms with E-state index in [1.807, 2.05) is 12.2 Å². The molecule has 0 aromatic heterocycles. The summed E-state index contributed by atoms with van der Waals surface area (Å²) in [6.07, 6.45) is 5.89. The molecule has 0 saturated carbocycles. The van der Waals surface area contributed by atoms with Crippen molar-refractivity contribution in [3.05, 3.63) is 12.2 Å². The van der Waals surface area contributed by atoms with Gasteiger partial charge in [-0.25, -0.2) is 4.79 Å². The highest BCUT2D eigenvalue weighted by Gasteiger charge is 2.42. The molecule has 0 aromatic carbocycles. The van der Waals surface area contributed by atoms with Crippen LogP contribution in [0.3, 0.4) is 0 Å². The highest BCUT2D eigenvalue weighted by atomic mass is 28.3. The molecule has 1 saturated heterocycles. The number of hydrogen-bond donors (Lipinski definition) is 1. The second-order valence-corrected chi connectivity index (χ2v) is 11.6. The molecule has 1 unspecified atom stereocenters. The van der Waals surface area contributed by atoms with Crippen LogP contribution in [0, 0.1) is 11.5 Å². The smallest absolute Gasteiger partial charge is 0.410 e. The number of hydrogen-bond acceptors (Lipinski definition) is 2. The maximum absolute atomic E-state index is 11.3. The predicted octanol–water partition coefficient (Wildman–Crippen LogP) is 3.71. The SMILES string of the molecule is CC1(C)OCC(C=CCCCC#C[Si](C)(C)C)N1C(=O)O. The average Bonchev–Trinajstić information content (AvgIpc) is 2.62. The molecule has 0 aliphatic carbocycles. The number of nitrogens with zero attached hydrogens (tertiary/aromatic N) is 1. The largest absolute Gasteiger partial charge is 0.465 e. The lowest BCUT2D eigenvalue weighted by molar-refractivity contribution is -0.0409. The Morgan fingerprint density at radius 1 is 1.48 bits per heavy atom. The van der Waals surface area contributed by atoms with E-state index in [0.717, 1.165) is 19.3 Å². The first-order valence-corrected chi connectivity index (χ1v) is 11.0. The first kappa shape index (κ1) is 17.8. The quantitative estimate of drug-likeness (QED) is 0.373. The van der Waals surface area contributed by atoms with E-state index < -0.39 is 19.9 Å². The third kappa shape index (κ3) is 5.94. The Balaban J connectivity index is 2.40. The van der Waals surface area contributed by atoms with Gasteiger partial charge in [0, 0.05) is 6.42 Å². The number of amides is 1. The number of carboxylic acid groups (broad SMARTS) is 1. The third-order valence-corrected chi connectivity index (χ3v) is 4.15. The van der Waals surface area contributed by atoms with Gasteiger partial charge in [0.1, 0.15) is 13.8 Å². The van der Waals surface area contributed by atoms with Crippen molar-refractivity contribution in [1.82, 2.24) is 4.90 Å². The van der Waals surface area contributed by atoms with E-state index in [4.69, 9.17) is 4.74 Å². The minimum absolute atomic E-state index is 0.189. The fourth-order valence-corrected chi connectivity index (χ4v) is 2.89. The van der Waals surface area contributed by atoms with Crippen LogP contribution in [-0.4, -0.2) is 42.5 Å². The molecule has 1 N–H and O–H groups in total. The molecular formula is C16H27NO3Si. The predicted molar refractivity (Wildman–Crippen MR) is 87.8 cm³/mol. The van der Waals surface area contributed by atoms with Crippen LogP contribution in [0.1, 0.15) is 33.1 Å². The summed E-state index contributed by atoms with van der Waals surface area (Å²) in [6, 6.07) is -0.189. The zero-order chi connectivity index (χ0) is 16.1. The molecule has 0 bridgehead atoms. The minimum Gasteiger partial charge on any atom is -0.465 e. The maximum atomic E-state index is 11.3. The summed E-state index contributed by atoms with van der Waals surface area (Å²) in [5.41, 5.74) is 2.60. The van der Waals surface area contributed by atoms with E-state index in [0.29, 0.717) is 6.61 Å². The van der Waals surface area contributed by atoms with Gasteiger partial charge in [0.25, 0.3) is 0 Å². The van der Waals surface area contributed by atoms with E-state index in [-0.39, 0.29) is 6.04 Å². The zero-order valence-electron chi connectivity index (χ0n) is 13.8. The normalized spacial score (nSPS) is 21.4. The van der Waals surface area contributed by atoms with Gasteiger partial charge in [-0.1, -0.05) is 31.8 Å². The second-order valence-electron chi connectivity index (χ2n) is 6.85. The van der Waals surface area contributed by atoms with Gasteiger partial charge in [0.15, 0.2) is 0 Å². The van der Waals surface area contributed by atoms with Crippen LogP contribution >= 0.6 is 0 Å². The van der Waals surface area contributed by atoms with Gasteiger partial charge in [0.2, 0.25) is 0 Å². The third-order valence-electron chi connectivity index (χ3n) is 3.22. The van der Waals surface area contributed by atoms with Gasteiger partial charge < -0.3 is 9.84 Å². The van der Waals surface area contributed by atoms with Crippen LogP contribution < -0.4 is 0 Å². The molecule has 1 fully saturated rings. The van der Waals surface area contributed by atoms with Crippen LogP contribution in [0.25, 0.3) is 0 Å². The minimum atomic E-state index is -1.25. The number of unbranched alkanes of at least 4 members (excludes halogenated alkanes) is 2. The van der Waals surface area contributed by atoms with Gasteiger partial charge >= 0.3 is 6.09 Å². The molecule has 1 aliphatic rings. The molecular weight excluding hydrogens is 282 g/mol. The maximum Gasteiger partial charge on any atom is 0.410 e. The summed E-state index contributed by atoms with van der Waals surface area (Å²) in [5, 5.41) is 9.27. The van der Waals surface area contributed by atoms with Crippen molar-refractivity contribution in [3.63, 3.8) is 0 Å². The first-order chi connectivity index (χ1) is 9.63. The number of rotatable bonds is 4. The van der Waals surface area contributed by atoms with Gasteiger partial charge in [-0.2, -0.15) is 0 Å². The van der Waals surface area contributed by atoms with Gasteiger partial charge in [0.05, 0.1) is 12.6 Å². The molecule has 1 heterocycles. The molecule has 4 nitrogen and oxygen atoms in total. The van der Waals surface area contributed by atoms with Crippen molar-refractivity contribution in [1.29, 1.82) is 0 Å². The summed E-state index contributed by atoms with van der Waals surface area (Å²) >= 11 is 0. The second kappa shape index (κ2) is 7.14. The van der Waals surface area contributed by atoms with Crippen LogP contribution in [0.5, 0.6) is 0 Å². The van der Waals surface area contributed by atoms with Crippen molar-refractivity contribution in [2.45, 2.75) is 64.5 Å². The molecule has 1 atom stereocenters. The Bertz CT molecular complexity index is 454. The van der Waals surface area contributed by atoms with Crippen LogP contribution in [0.2, 0.25) is 19.6 Å². The highest BCUT2D eigenvalue weighted by Crippen LogP contribution is 2.27. The summed E-state index contributed by atoms with van der Waals surface area (Å²) in [7, 11) is -1.25. The molecule has 21 heavy (non-hydrogen) atoms. The van der Waals surface area contributed by atoms with Gasteiger partial charge in [-0.15, -0.1) is 11.5 Å². The summed E-state index contributed by atoms with van der Waals surface area (Å²) < 4.78 is 5.54. The Morgan fingerprint density at radius 2 is 2.14 bits per heavy atom. The average molecular weight is 309 g/mol. The van der Waals surface area contributed by atoms with E-state index in [1.54, 1.807) is 13.8 Å². The van der Waals surface area contributed by atoms with Gasteiger partial charge in [-0.3, -0.25) is 4.90 Å². The van der Waals surface area contributed by atoms with Crippen LogP contribution in [0.4, 0.5) is 4.79 Å². The summed E-state index contributed by atoms with van der Waals surface area (Å²) in [6.45, 7) is 10.7. The molecule has 118 valence electrons. The van der Waals surface area contributed by atoms with Crippen molar-refractivity contribution in [3.8, 4) is 11.5 Å². The Labute approximate surface area is 129 Å². The molecule has 1 rings (SSSR count). The van der Waals surface area contributed by atoms with E-state index in [2.05, 4.69) is 31.1 Å². The molecule has 1 aliphatic heterocycles. The number of ether oxygens (including phenoxy) is 1. The Kier molecular flexibility index (Phi) is 6.06.